The maximum atomic E-state index is 12.3. The number of sulfonamides is 1. The van der Waals surface area contributed by atoms with E-state index in [1.807, 2.05) is 13.8 Å². The Hall–Kier alpha value is -1.22. The molecule has 1 heterocycles. The van der Waals surface area contributed by atoms with Crippen molar-refractivity contribution >= 4 is 55.3 Å². The van der Waals surface area contributed by atoms with Gasteiger partial charge in [0.05, 0.1) is 15.6 Å². The second-order valence-corrected chi connectivity index (χ2v) is 8.00. The lowest BCUT2D eigenvalue weighted by molar-refractivity contribution is 0.601. The van der Waals surface area contributed by atoms with Gasteiger partial charge in [-0.15, -0.1) is 11.3 Å². The lowest BCUT2D eigenvalue weighted by atomic mass is 10.2. The average Bonchev–Trinajstić information content (AvgIpc) is 2.66. The standard InChI is InChI=1S/C12H12ClN3O2S3/c1-6-7(2)20-12(15-6)16-21(17,18)8-3-4-9(11(14)19)10(13)5-8/h3-5H,1-2H3,(H2,14,19)(H,15,16). The van der Waals surface area contributed by atoms with Crippen LogP contribution >= 0.6 is 35.2 Å². The Morgan fingerprint density at radius 3 is 2.57 bits per heavy atom. The molecule has 9 heteroatoms. The van der Waals surface area contributed by atoms with Gasteiger partial charge in [0, 0.05) is 10.4 Å². The topological polar surface area (TPSA) is 85.1 Å². The summed E-state index contributed by atoms with van der Waals surface area (Å²) in [5.41, 5.74) is 6.72. The zero-order chi connectivity index (χ0) is 15.8. The maximum Gasteiger partial charge on any atom is 0.263 e. The predicted octanol–water partition coefficient (Wildman–Crippen LogP) is 2.85. The summed E-state index contributed by atoms with van der Waals surface area (Å²) in [6, 6.07) is 4.19. The molecule has 1 aromatic carbocycles. The fraction of sp³-hybridized carbons (Fsp3) is 0.167. The zero-order valence-corrected chi connectivity index (χ0v) is 14.4. The van der Waals surface area contributed by atoms with Crippen molar-refractivity contribution in [3.05, 3.63) is 39.4 Å². The molecule has 21 heavy (non-hydrogen) atoms. The number of aryl methyl sites for hydroxylation is 2. The minimum Gasteiger partial charge on any atom is -0.389 e. The fourth-order valence-electron chi connectivity index (χ4n) is 1.55. The van der Waals surface area contributed by atoms with Crippen molar-refractivity contribution in [1.82, 2.24) is 4.98 Å². The zero-order valence-electron chi connectivity index (χ0n) is 11.2. The van der Waals surface area contributed by atoms with Crippen LogP contribution in [0.2, 0.25) is 5.02 Å². The van der Waals surface area contributed by atoms with Crippen molar-refractivity contribution < 1.29 is 8.42 Å². The van der Waals surface area contributed by atoms with Crippen molar-refractivity contribution in [2.75, 3.05) is 4.72 Å². The number of benzene rings is 1. The van der Waals surface area contributed by atoms with Crippen LogP contribution in [-0.2, 0) is 10.0 Å². The molecular weight excluding hydrogens is 350 g/mol. The third kappa shape index (κ3) is 3.52. The predicted molar refractivity (Wildman–Crippen MR) is 89.7 cm³/mol. The van der Waals surface area contributed by atoms with E-state index < -0.39 is 10.0 Å². The highest BCUT2D eigenvalue weighted by Gasteiger charge is 2.18. The van der Waals surface area contributed by atoms with Crippen LogP contribution in [0.25, 0.3) is 0 Å². The van der Waals surface area contributed by atoms with Crippen molar-refractivity contribution in [1.29, 1.82) is 0 Å². The van der Waals surface area contributed by atoms with E-state index in [2.05, 4.69) is 9.71 Å². The average molecular weight is 362 g/mol. The molecule has 3 N–H and O–H groups in total. The summed E-state index contributed by atoms with van der Waals surface area (Å²) in [5.74, 6) is 0. The summed E-state index contributed by atoms with van der Waals surface area (Å²) in [4.78, 5) is 5.24. The fourth-order valence-corrected chi connectivity index (χ4v) is 4.21. The van der Waals surface area contributed by atoms with E-state index in [9.17, 15) is 8.42 Å². The Kier molecular flexibility index (Phi) is 4.52. The van der Waals surface area contributed by atoms with E-state index in [1.54, 1.807) is 0 Å². The quantitative estimate of drug-likeness (QED) is 0.818. The van der Waals surface area contributed by atoms with Gasteiger partial charge in [-0.2, -0.15) is 0 Å². The highest BCUT2D eigenvalue weighted by molar-refractivity contribution is 7.93. The Morgan fingerprint density at radius 1 is 1.43 bits per heavy atom. The summed E-state index contributed by atoms with van der Waals surface area (Å²) in [5, 5.41) is 0.511. The lowest BCUT2D eigenvalue weighted by Crippen LogP contribution is -2.14. The Morgan fingerprint density at radius 2 is 2.10 bits per heavy atom. The molecule has 0 aliphatic heterocycles. The summed E-state index contributed by atoms with van der Waals surface area (Å²) < 4.78 is 27.0. The van der Waals surface area contributed by atoms with Crippen LogP contribution in [0.5, 0.6) is 0 Å². The molecule has 0 spiro atoms. The highest BCUT2D eigenvalue weighted by atomic mass is 35.5. The number of hydrogen-bond donors (Lipinski definition) is 2. The molecule has 112 valence electrons. The number of thiazole rings is 1. The molecule has 0 amide bonds. The molecule has 2 aromatic rings. The first-order chi connectivity index (χ1) is 9.70. The van der Waals surface area contributed by atoms with Gasteiger partial charge >= 0.3 is 0 Å². The molecule has 0 bridgehead atoms. The van der Waals surface area contributed by atoms with E-state index in [0.717, 1.165) is 10.6 Å². The molecule has 5 nitrogen and oxygen atoms in total. The highest BCUT2D eigenvalue weighted by Crippen LogP contribution is 2.26. The molecule has 0 saturated heterocycles. The molecule has 0 fully saturated rings. The molecule has 0 aliphatic rings. The van der Waals surface area contributed by atoms with Gasteiger partial charge in [0.1, 0.15) is 4.99 Å². The van der Waals surface area contributed by atoms with E-state index >= 15 is 0 Å². The smallest absolute Gasteiger partial charge is 0.263 e. The number of nitrogens with one attached hydrogen (secondary N) is 1. The van der Waals surface area contributed by atoms with Crippen molar-refractivity contribution in [2.24, 2.45) is 5.73 Å². The van der Waals surface area contributed by atoms with Gasteiger partial charge in [-0.25, -0.2) is 13.4 Å². The maximum absolute atomic E-state index is 12.3. The van der Waals surface area contributed by atoms with Gasteiger partial charge in [-0.3, -0.25) is 4.72 Å². The Labute approximate surface area is 137 Å². The van der Waals surface area contributed by atoms with Crippen LogP contribution < -0.4 is 10.5 Å². The largest absolute Gasteiger partial charge is 0.389 e. The van der Waals surface area contributed by atoms with Crippen LogP contribution in [0, 0.1) is 13.8 Å². The first-order valence-electron chi connectivity index (χ1n) is 5.77. The van der Waals surface area contributed by atoms with Gasteiger partial charge in [0.25, 0.3) is 10.0 Å². The second-order valence-electron chi connectivity index (χ2n) is 4.27. The summed E-state index contributed by atoms with van der Waals surface area (Å²) >= 11 is 12.1. The number of aromatic nitrogens is 1. The first-order valence-corrected chi connectivity index (χ1v) is 8.85. The van der Waals surface area contributed by atoms with Crippen LogP contribution in [0.1, 0.15) is 16.1 Å². The van der Waals surface area contributed by atoms with Gasteiger partial charge < -0.3 is 5.73 Å². The summed E-state index contributed by atoms with van der Waals surface area (Å²) in [6.45, 7) is 3.69. The molecule has 0 aliphatic carbocycles. The van der Waals surface area contributed by atoms with E-state index in [-0.39, 0.29) is 14.9 Å². The van der Waals surface area contributed by atoms with Crippen molar-refractivity contribution in [3.8, 4) is 0 Å². The molecular formula is C12H12ClN3O2S3. The second kappa shape index (κ2) is 5.88. The number of rotatable bonds is 4. The normalized spacial score (nSPS) is 11.4. The van der Waals surface area contributed by atoms with Crippen LogP contribution in [0.3, 0.4) is 0 Å². The third-order valence-corrected chi connectivity index (χ3v) is 5.75. The monoisotopic (exact) mass is 361 g/mol. The van der Waals surface area contributed by atoms with E-state index in [1.165, 1.54) is 29.5 Å². The van der Waals surface area contributed by atoms with E-state index in [0.29, 0.717) is 10.7 Å². The summed E-state index contributed by atoms with van der Waals surface area (Å²) in [6.07, 6.45) is 0. The number of hydrogen-bond acceptors (Lipinski definition) is 5. The van der Waals surface area contributed by atoms with Gasteiger partial charge in [-0.1, -0.05) is 23.8 Å². The minimum absolute atomic E-state index is 0.0259. The number of nitrogens with two attached hydrogens (primary N) is 1. The number of nitrogens with zero attached hydrogens (tertiary/aromatic N) is 1. The van der Waals surface area contributed by atoms with Crippen molar-refractivity contribution in [3.63, 3.8) is 0 Å². The summed E-state index contributed by atoms with van der Waals surface area (Å²) in [7, 11) is -3.75. The van der Waals surface area contributed by atoms with Gasteiger partial charge in [-0.05, 0) is 32.0 Å². The Balaban J connectivity index is 2.35. The van der Waals surface area contributed by atoms with E-state index in [4.69, 9.17) is 29.6 Å². The molecule has 0 saturated carbocycles. The lowest BCUT2D eigenvalue weighted by Gasteiger charge is -2.07. The number of anilines is 1. The molecule has 0 atom stereocenters. The van der Waals surface area contributed by atoms with Crippen LogP contribution in [0.4, 0.5) is 5.13 Å². The minimum atomic E-state index is -3.75. The van der Waals surface area contributed by atoms with Crippen molar-refractivity contribution in [2.45, 2.75) is 18.7 Å². The third-order valence-electron chi connectivity index (χ3n) is 2.77. The van der Waals surface area contributed by atoms with Gasteiger partial charge in [0.15, 0.2) is 5.13 Å². The first kappa shape index (κ1) is 16.2. The SMILES string of the molecule is Cc1nc(NS(=O)(=O)c2ccc(C(N)=S)c(Cl)c2)sc1C. The molecule has 0 radical (unpaired) electrons. The number of thiocarbonyl (C=S) groups is 1. The molecule has 2 rings (SSSR count). The van der Waals surface area contributed by atoms with Crippen LogP contribution in [0.15, 0.2) is 23.1 Å². The van der Waals surface area contributed by atoms with Gasteiger partial charge in [0.2, 0.25) is 0 Å². The number of halogens is 1. The van der Waals surface area contributed by atoms with Crippen LogP contribution in [-0.4, -0.2) is 18.4 Å². The molecule has 1 aromatic heterocycles. The Bertz CT molecular complexity index is 796. The molecule has 0 unspecified atom stereocenters.